The predicted molar refractivity (Wildman–Crippen MR) is 96.9 cm³/mol. The number of hydrogen-bond acceptors (Lipinski definition) is 5. The Labute approximate surface area is 151 Å². The fourth-order valence-electron chi connectivity index (χ4n) is 2.23. The Balaban J connectivity index is 2.05. The molecule has 0 atom stereocenters. The number of esters is 1. The molecule has 1 N–H and O–H groups in total. The lowest BCUT2D eigenvalue weighted by Crippen LogP contribution is -2.25. The van der Waals surface area contributed by atoms with Gasteiger partial charge in [0.2, 0.25) is 5.88 Å². The first-order chi connectivity index (χ1) is 12.3. The number of aryl methyl sites for hydroxylation is 1. The maximum atomic E-state index is 12.2. The molecule has 6 nitrogen and oxygen atoms in total. The highest BCUT2D eigenvalue weighted by atomic mass is 16.5. The second kappa shape index (κ2) is 6.52. The lowest BCUT2D eigenvalue weighted by Gasteiger charge is -2.17. The summed E-state index contributed by atoms with van der Waals surface area (Å²) in [4.78, 5) is 20.7. The summed E-state index contributed by atoms with van der Waals surface area (Å²) in [6.07, 6.45) is 1.38. The van der Waals surface area contributed by atoms with Gasteiger partial charge < -0.3 is 9.84 Å². The number of aromatic hydroxyl groups is 1. The van der Waals surface area contributed by atoms with E-state index in [-0.39, 0.29) is 17.2 Å². The van der Waals surface area contributed by atoms with Gasteiger partial charge in [-0.15, -0.1) is 0 Å². The van der Waals surface area contributed by atoms with E-state index < -0.39 is 11.4 Å². The van der Waals surface area contributed by atoms with Crippen LogP contribution in [0.1, 0.15) is 32.0 Å². The Kier molecular flexibility index (Phi) is 4.39. The number of carbonyl (C=O) groups is 1. The summed E-state index contributed by atoms with van der Waals surface area (Å²) in [5.74, 6) is 2.86. The summed E-state index contributed by atoms with van der Waals surface area (Å²) < 4.78 is 6.78. The summed E-state index contributed by atoms with van der Waals surface area (Å²) in [7, 11) is 0. The Morgan fingerprint density at radius 1 is 1.23 bits per heavy atom. The standard InChI is InChI=1S/C20H19N3O3/c1-13-16(26-19(25)20(2,3)4)15-17(22-13)21-12-23(18(15)24)11-10-14-8-6-5-7-9-14/h5-9,12,24H,1-4H3. The summed E-state index contributed by atoms with van der Waals surface area (Å²) >= 11 is 0. The van der Waals surface area contributed by atoms with Gasteiger partial charge in [0, 0.05) is 11.6 Å². The van der Waals surface area contributed by atoms with E-state index in [9.17, 15) is 9.90 Å². The average molecular weight is 349 g/mol. The lowest BCUT2D eigenvalue weighted by atomic mass is 9.97. The van der Waals surface area contributed by atoms with Crippen LogP contribution in [0.4, 0.5) is 0 Å². The molecule has 6 heteroatoms. The molecule has 0 aromatic heterocycles. The number of carbonyl (C=O) groups excluding carboxylic acids is 1. The van der Waals surface area contributed by atoms with Gasteiger partial charge in [0.15, 0.2) is 11.6 Å². The summed E-state index contributed by atoms with van der Waals surface area (Å²) in [6, 6.07) is 12.2. The third-order valence-corrected chi connectivity index (χ3v) is 3.70. The zero-order chi connectivity index (χ0) is 18.9. The summed E-state index contributed by atoms with van der Waals surface area (Å²) in [6.45, 7) is 6.97. The highest BCUT2D eigenvalue weighted by molar-refractivity contribution is 5.83. The van der Waals surface area contributed by atoms with Crippen LogP contribution >= 0.6 is 0 Å². The first kappa shape index (κ1) is 17.5. The third-order valence-electron chi connectivity index (χ3n) is 3.70. The highest BCUT2D eigenvalue weighted by Gasteiger charge is 2.30. The zero-order valence-electron chi connectivity index (χ0n) is 15.1. The van der Waals surface area contributed by atoms with Crippen LogP contribution in [0.25, 0.3) is 11.4 Å². The van der Waals surface area contributed by atoms with Crippen molar-refractivity contribution in [3.05, 3.63) is 47.9 Å². The van der Waals surface area contributed by atoms with Crippen molar-refractivity contribution in [2.24, 2.45) is 5.41 Å². The molecular weight excluding hydrogens is 330 g/mol. The first-order valence-corrected chi connectivity index (χ1v) is 8.13. The summed E-state index contributed by atoms with van der Waals surface area (Å²) in [5.41, 5.74) is 0.867. The Bertz CT molecular complexity index is 989. The maximum Gasteiger partial charge on any atom is 0.316 e. The van der Waals surface area contributed by atoms with Crippen molar-refractivity contribution >= 4 is 5.97 Å². The molecular formula is C20H19N3O3. The molecule has 0 spiro atoms. The molecule has 2 aliphatic heterocycles. The Morgan fingerprint density at radius 3 is 2.58 bits per heavy atom. The van der Waals surface area contributed by atoms with Crippen molar-refractivity contribution in [1.82, 2.24) is 14.5 Å². The minimum absolute atomic E-state index is 0.171. The molecule has 2 aliphatic rings. The summed E-state index contributed by atoms with van der Waals surface area (Å²) in [5, 5.41) is 10.6. The van der Waals surface area contributed by atoms with E-state index in [1.165, 1.54) is 10.9 Å². The van der Waals surface area contributed by atoms with E-state index in [1.807, 2.05) is 30.3 Å². The third kappa shape index (κ3) is 3.38. The van der Waals surface area contributed by atoms with E-state index in [4.69, 9.17) is 4.74 Å². The molecule has 0 bridgehead atoms. The molecule has 0 saturated carbocycles. The van der Waals surface area contributed by atoms with Gasteiger partial charge in [-0.05, 0) is 45.7 Å². The number of hydrogen-bond donors (Lipinski definition) is 1. The molecule has 0 fully saturated rings. The maximum absolute atomic E-state index is 12.2. The second-order valence-electron chi connectivity index (χ2n) is 6.91. The van der Waals surface area contributed by atoms with Crippen LogP contribution in [0, 0.1) is 24.3 Å². The number of benzene rings is 1. The molecule has 26 heavy (non-hydrogen) atoms. The number of aromatic nitrogens is 3. The first-order valence-electron chi connectivity index (χ1n) is 8.13. The molecule has 132 valence electrons. The van der Waals surface area contributed by atoms with Gasteiger partial charge in [-0.25, -0.2) is 14.5 Å². The fourth-order valence-corrected chi connectivity index (χ4v) is 2.23. The molecule has 1 aromatic carbocycles. The van der Waals surface area contributed by atoms with Gasteiger partial charge in [0.05, 0.1) is 11.1 Å². The molecule has 0 saturated heterocycles. The van der Waals surface area contributed by atoms with Gasteiger partial charge >= 0.3 is 5.97 Å². The van der Waals surface area contributed by atoms with Gasteiger partial charge in [0.25, 0.3) is 0 Å². The number of fused-ring (bicyclic) bond motifs is 1. The lowest BCUT2D eigenvalue weighted by molar-refractivity contribution is -0.143. The molecule has 1 aromatic rings. The van der Waals surface area contributed by atoms with Crippen LogP contribution in [0.5, 0.6) is 11.6 Å². The average Bonchev–Trinajstić information content (AvgIpc) is 2.91. The van der Waals surface area contributed by atoms with Gasteiger partial charge in [-0.1, -0.05) is 18.2 Å². The number of nitrogens with zero attached hydrogens (tertiary/aromatic N) is 3. The minimum Gasteiger partial charge on any atom is -0.493 e. The number of rotatable bonds is 1. The van der Waals surface area contributed by atoms with Crippen LogP contribution in [0.2, 0.25) is 0 Å². The van der Waals surface area contributed by atoms with E-state index in [0.717, 1.165) is 5.56 Å². The van der Waals surface area contributed by atoms with E-state index in [1.54, 1.807) is 27.7 Å². The number of ether oxygens (including phenoxy) is 1. The van der Waals surface area contributed by atoms with Crippen LogP contribution in [-0.2, 0) is 4.79 Å². The molecule has 0 amide bonds. The highest BCUT2D eigenvalue weighted by Crippen LogP contribution is 2.40. The molecule has 3 rings (SSSR count). The normalized spacial score (nSPS) is 11.1. The SMILES string of the molecule is Cc1nc2ncn(C#Cc3ccccc3)c(O)c-2c1OC(=O)C(C)(C)C. The van der Waals surface area contributed by atoms with Crippen molar-refractivity contribution in [3.63, 3.8) is 0 Å². The smallest absolute Gasteiger partial charge is 0.316 e. The topological polar surface area (TPSA) is 77.2 Å². The van der Waals surface area contributed by atoms with Crippen molar-refractivity contribution in [3.8, 4) is 35.0 Å². The Morgan fingerprint density at radius 2 is 1.92 bits per heavy atom. The van der Waals surface area contributed by atoms with Crippen molar-refractivity contribution in [2.45, 2.75) is 27.7 Å². The molecule has 2 heterocycles. The van der Waals surface area contributed by atoms with Crippen LogP contribution in [0.3, 0.4) is 0 Å². The van der Waals surface area contributed by atoms with Gasteiger partial charge in [-0.3, -0.25) is 4.79 Å². The van der Waals surface area contributed by atoms with Crippen molar-refractivity contribution in [2.75, 3.05) is 0 Å². The fraction of sp³-hybridized carbons (Fsp3) is 0.250. The van der Waals surface area contributed by atoms with Gasteiger partial charge in [0.1, 0.15) is 11.9 Å². The van der Waals surface area contributed by atoms with E-state index >= 15 is 0 Å². The van der Waals surface area contributed by atoms with Crippen LogP contribution < -0.4 is 4.74 Å². The molecule has 0 unspecified atom stereocenters. The predicted octanol–water partition coefficient (Wildman–Crippen LogP) is 3.21. The quantitative estimate of drug-likeness (QED) is 0.539. The zero-order valence-corrected chi connectivity index (χ0v) is 15.1. The molecule has 0 aliphatic carbocycles. The van der Waals surface area contributed by atoms with E-state index in [0.29, 0.717) is 11.5 Å². The van der Waals surface area contributed by atoms with Gasteiger partial charge in [-0.2, -0.15) is 0 Å². The second-order valence-corrected chi connectivity index (χ2v) is 6.91. The molecule has 0 radical (unpaired) electrons. The van der Waals surface area contributed by atoms with E-state index in [2.05, 4.69) is 21.9 Å². The largest absolute Gasteiger partial charge is 0.493 e. The minimum atomic E-state index is -0.684. The Hall–Kier alpha value is -3.33. The van der Waals surface area contributed by atoms with Crippen molar-refractivity contribution < 1.29 is 14.6 Å². The van der Waals surface area contributed by atoms with Crippen LogP contribution in [0.15, 0.2) is 36.7 Å². The van der Waals surface area contributed by atoms with Crippen molar-refractivity contribution in [1.29, 1.82) is 0 Å². The van der Waals surface area contributed by atoms with Crippen LogP contribution in [-0.4, -0.2) is 25.6 Å². The monoisotopic (exact) mass is 349 g/mol.